The van der Waals surface area contributed by atoms with E-state index < -0.39 is 0 Å². The summed E-state index contributed by atoms with van der Waals surface area (Å²) in [5, 5.41) is 0. The first-order chi connectivity index (χ1) is 12.1. The maximum Gasteiger partial charge on any atom is 0.229 e. The predicted molar refractivity (Wildman–Crippen MR) is 91.8 cm³/mol. The first-order valence-corrected chi connectivity index (χ1v) is 8.11. The van der Waals surface area contributed by atoms with Gasteiger partial charge in [0.2, 0.25) is 5.91 Å². The fraction of sp³-hybridized carbons (Fsp3) is 0.200. The largest absolute Gasteiger partial charge is 0.478 e. The van der Waals surface area contributed by atoms with Crippen LogP contribution >= 0.6 is 0 Å². The summed E-state index contributed by atoms with van der Waals surface area (Å²) in [6.45, 7) is 0.189. The standard InChI is InChI=1S/C20H18FNO3/c21-17-11-9-16(10-12-17)19(23)7-4-8-20(24)22-14-25-13-18(22)15-5-2-1-3-6-15/h1-3,5-6,9-13H,4,7-8,14H2. The zero-order chi connectivity index (χ0) is 17.6. The van der Waals surface area contributed by atoms with Crippen molar-refractivity contribution in [2.24, 2.45) is 0 Å². The van der Waals surface area contributed by atoms with Crippen LogP contribution in [-0.4, -0.2) is 23.3 Å². The summed E-state index contributed by atoms with van der Waals surface area (Å²) < 4.78 is 18.2. The summed E-state index contributed by atoms with van der Waals surface area (Å²) >= 11 is 0. The van der Waals surface area contributed by atoms with Gasteiger partial charge in [0.1, 0.15) is 12.1 Å². The Morgan fingerprint density at radius 2 is 1.72 bits per heavy atom. The molecule has 128 valence electrons. The van der Waals surface area contributed by atoms with E-state index in [1.54, 1.807) is 11.2 Å². The van der Waals surface area contributed by atoms with Crippen molar-refractivity contribution in [1.29, 1.82) is 0 Å². The second-order valence-corrected chi connectivity index (χ2v) is 5.77. The van der Waals surface area contributed by atoms with Crippen LogP contribution in [0.1, 0.15) is 35.2 Å². The molecule has 0 saturated carbocycles. The van der Waals surface area contributed by atoms with Crippen molar-refractivity contribution in [3.8, 4) is 0 Å². The second-order valence-electron chi connectivity index (χ2n) is 5.77. The molecule has 2 aromatic carbocycles. The van der Waals surface area contributed by atoms with Crippen molar-refractivity contribution in [3.05, 3.63) is 77.8 Å². The van der Waals surface area contributed by atoms with Crippen molar-refractivity contribution in [3.63, 3.8) is 0 Å². The molecule has 1 amide bonds. The molecule has 1 aliphatic rings. The summed E-state index contributed by atoms with van der Waals surface area (Å²) in [5.41, 5.74) is 2.11. The number of hydrogen-bond acceptors (Lipinski definition) is 3. The highest BCUT2D eigenvalue weighted by molar-refractivity contribution is 5.96. The number of nitrogens with zero attached hydrogens (tertiary/aromatic N) is 1. The maximum absolute atomic E-state index is 12.9. The molecular weight excluding hydrogens is 321 g/mol. The summed E-state index contributed by atoms with van der Waals surface area (Å²) in [4.78, 5) is 26.1. The molecule has 5 heteroatoms. The lowest BCUT2D eigenvalue weighted by Gasteiger charge is -2.18. The van der Waals surface area contributed by atoms with Crippen LogP contribution in [0.25, 0.3) is 5.70 Å². The molecule has 25 heavy (non-hydrogen) atoms. The third-order valence-electron chi connectivity index (χ3n) is 4.02. The van der Waals surface area contributed by atoms with E-state index in [0.717, 1.165) is 11.3 Å². The van der Waals surface area contributed by atoms with Gasteiger partial charge in [-0.05, 0) is 30.7 Å². The van der Waals surface area contributed by atoms with Crippen LogP contribution < -0.4 is 0 Å². The molecule has 4 nitrogen and oxygen atoms in total. The quantitative estimate of drug-likeness (QED) is 0.748. The lowest BCUT2D eigenvalue weighted by molar-refractivity contribution is -0.129. The van der Waals surface area contributed by atoms with Gasteiger partial charge in [-0.2, -0.15) is 0 Å². The number of carbonyl (C=O) groups excluding carboxylic acids is 2. The van der Waals surface area contributed by atoms with E-state index in [0.29, 0.717) is 12.0 Å². The number of ketones is 1. The third kappa shape index (κ3) is 4.12. The van der Waals surface area contributed by atoms with E-state index >= 15 is 0 Å². The molecule has 3 rings (SSSR count). The normalized spacial score (nSPS) is 13.3. The van der Waals surface area contributed by atoms with Gasteiger partial charge >= 0.3 is 0 Å². The Kier molecular flexibility index (Phi) is 5.23. The minimum absolute atomic E-state index is 0.0838. The fourth-order valence-corrected chi connectivity index (χ4v) is 2.68. The van der Waals surface area contributed by atoms with Gasteiger partial charge in [0.05, 0.1) is 5.70 Å². The van der Waals surface area contributed by atoms with Gasteiger partial charge in [-0.15, -0.1) is 0 Å². The van der Waals surface area contributed by atoms with Gasteiger partial charge in [-0.1, -0.05) is 30.3 Å². The number of ether oxygens (including phenoxy) is 1. The molecule has 1 heterocycles. The predicted octanol–water partition coefficient (Wildman–Crippen LogP) is 3.99. The smallest absolute Gasteiger partial charge is 0.229 e. The highest BCUT2D eigenvalue weighted by Crippen LogP contribution is 2.25. The maximum atomic E-state index is 12.9. The van der Waals surface area contributed by atoms with Gasteiger partial charge in [0, 0.05) is 24.0 Å². The Morgan fingerprint density at radius 1 is 1.00 bits per heavy atom. The van der Waals surface area contributed by atoms with E-state index in [-0.39, 0.29) is 37.1 Å². The summed E-state index contributed by atoms with van der Waals surface area (Å²) in [5.74, 6) is -0.551. The zero-order valence-corrected chi connectivity index (χ0v) is 13.7. The topological polar surface area (TPSA) is 46.6 Å². The Labute approximate surface area is 145 Å². The Hall–Kier alpha value is -2.95. The van der Waals surface area contributed by atoms with Crippen LogP contribution in [0.15, 0.2) is 60.9 Å². The van der Waals surface area contributed by atoms with Gasteiger partial charge in [0.25, 0.3) is 0 Å². The van der Waals surface area contributed by atoms with Crippen molar-refractivity contribution >= 4 is 17.4 Å². The third-order valence-corrected chi connectivity index (χ3v) is 4.02. The monoisotopic (exact) mass is 339 g/mol. The van der Waals surface area contributed by atoms with E-state index in [9.17, 15) is 14.0 Å². The average molecular weight is 339 g/mol. The molecule has 0 unspecified atom stereocenters. The van der Waals surface area contributed by atoms with Crippen molar-refractivity contribution < 1.29 is 18.7 Å². The molecule has 0 spiro atoms. The summed E-state index contributed by atoms with van der Waals surface area (Å²) in [6, 6.07) is 15.0. The van der Waals surface area contributed by atoms with Crippen LogP contribution in [-0.2, 0) is 9.53 Å². The zero-order valence-electron chi connectivity index (χ0n) is 13.7. The molecule has 0 N–H and O–H groups in total. The number of halogens is 1. The minimum Gasteiger partial charge on any atom is -0.478 e. The Morgan fingerprint density at radius 3 is 2.44 bits per heavy atom. The van der Waals surface area contributed by atoms with Gasteiger partial charge < -0.3 is 4.74 Å². The van der Waals surface area contributed by atoms with E-state index in [1.807, 2.05) is 30.3 Å². The highest BCUT2D eigenvalue weighted by atomic mass is 19.1. The van der Waals surface area contributed by atoms with Gasteiger partial charge in [-0.25, -0.2) is 4.39 Å². The number of hydrogen-bond donors (Lipinski definition) is 0. The van der Waals surface area contributed by atoms with Crippen LogP contribution in [0, 0.1) is 5.82 Å². The number of benzene rings is 2. The van der Waals surface area contributed by atoms with E-state index in [4.69, 9.17) is 4.74 Å². The van der Waals surface area contributed by atoms with Crippen molar-refractivity contribution in [1.82, 2.24) is 4.90 Å². The molecule has 0 bridgehead atoms. The highest BCUT2D eigenvalue weighted by Gasteiger charge is 2.24. The molecule has 1 aliphatic heterocycles. The first kappa shape index (κ1) is 16.9. The average Bonchev–Trinajstić information content (AvgIpc) is 3.13. The summed E-state index contributed by atoms with van der Waals surface area (Å²) in [7, 11) is 0. The Bertz CT molecular complexity index is 784. The molecule has 0 radical (unpaired) electrons. The van der Waals surface area contributed by atoms with Crippen molar-refractivity contribution in [2.45, 2.75) is 19.3 Å². The number of Topliss-reactive ketones (excluding diaryl/α,β-unsaturated/α-hetero) is 1. The SMILES string of the molecule is O=C(CCCC(=O)N1COC=C1c1ccccc1)c1ccc(F)cc1. The van der Waals surface area contributed by atoms with E-state index in [1.165, 1.54) is 24.3 Å². The van der Waals surface area contributed by atoms with Crippen LogP contribution in [0.4, 0.5) is 4.39 Å². The molecule has 0 atom stereocenters. The number of carbonyl (C=O) groups is 2. The number of amides is 1. The number of rotatable bonds is 6. The summed E-state index contributed by atoms with van der Waals surface area (Å²) in [6.07, 6.45) is 2.52. The molecule has 0 aliphatic carbocycles. The van der Waals surface area contributed by atoms with Crippen LogP contribution in [0.5, 0.6) is 0 Å². The fourth-order valence-electron chi connectivity index (χ4n) is 2.68. The molecule has 0 aromatic heterocycles. The van der Waals surface area contributed by atoms with E-state index in [2.05, 4.69) is 0 Å². The second kappa shape index (κ2) is 7.75. The Balaban J connectivity index is 1.53. The van der Waals surface area contributed by atoms with Gasteiger partial charge in [-0.3, -0.25) is 14.5 Å². The molecular formula is C20H18FNO3. The van der Waals surface area contributed by atoms with Crippen molar-refractivity contribution in [2.75, 3.05) is 6.73 Å². The van der Waals surface area contributed by atoms with Crippen LogP contribution in [0.3, 0.4) is 0 Å². The lowest BCUT2D eigenvalue weighted by atomic mass is 10.0. The molecule has 0 saturated heterocycles. The van der Waals surface area contributed by atoms with Crippen LogP contribution in [0.2, 0.25) is 0 Å². The lowest BCUT2D eigenvalue weighted by Crippen LogP contribution is -2.27. The first-order valence-electron chi connectivity index (χ1n) is 8.11. The molecule has 0 fully saturated rings. The minimum atomic E-state index is -0.374. The van der Waals surface area contributed by atoms with Gasteiger partial charge in [0.15, 0.2) is 12.5 Å². The molecule has 2 aromatic rings.